The fourth-order valence-corrected chi connectivity index (χ4v) is 2.52. The van der Waals surface area contributed by atoms with Crippen molar-refractivity contribution in [3.63, 3.8) is 0 Å². The molecule has 5 heteroatoms. The number of hydrogen-bond donors (Lipinski definition) is 1. The number of benzene rings is 2. The van der Waals surface area contributed by atoms with Crippen LogP contribution in [-0.2, 0) is 6.54 Å². The number of amides is 1. The summed E-state index contributed by atoms with van der Waals surface area (Å²) in [6, 6.07) is 12.4. The van der Waals surface area contributed by atoms with E-state index in [2.05, 4.69) is 12.2 Å². The van der Waals surface area contributed by atoms with Crippen LogP contribution >= 0.6 is 23.2 Å². The van der Waals surface area contributed by atoms with E-state index >= 15 is 0 Å². The van der Waals surface area contributed by atoms with E-state index in [9.17, 15) is 4.79 Å². The molecule has 0 aliphatic rings. The Morgan fingerprint density at radius 1 is 1.17 bits per heavy atom. The van der Waals surface area contributed by atoms with Gasteiger partial charge in [-0.15, -0.1) is 0 Å². The fourth-order valence-electron chi connectivity index (χ4n) is 2.04. The molecule has 122 valence electrons. The first kappa shape index (κ1) is 17.6. The van der Waals surface area contributed by atoms with Crippen molar-refractivity contribution >= 4 is 29.1 Å². The summed E-state index contributed by atoms with van der Waals surface area (Å²) < 4.78 is 5.69. The van der Waals surface area contributed by atoms with Gasteiger partial charge in [0.2, 0.25) is 0 Å². The van der Waals surface area contributed by atoms with Crippen LogP contribution in [0.25, 0.3) is 0 Å². The second-order valence-corrected chi connectivity index (χ2v) is 5.96. The van der Waals surface area contributed by atoms with Crippen molar-refractivity contribution in [2.75, 3.05) is 6.61 Å². The summed E-state index contributed by atoms with van der Waals surface area (Å²) in [5, 5.41) is 3.96. The van der Waals surface area contributed by atoms with Crippen LogP contribution in [0.15, 0.2) is 42.5 Å². The van der Waals surface area contributed by atoms with Gasteiger partial charge in [-0.3, -0.25) is 4.79 Å². The van der Waals surface area contributed by atoms with E-state index in [1.807, 2.05) is 12.1 Å². The van der Waals surface area contributed by atoms with Gasteiger partial charge >= 0.3 is 0 Å². The van der Waals surface area contributed by atoms with Gasteiger partial charge in [-0.2, -0.15) is 0 Å². The number of ether oxygens (including phenoxy) is 1. The molecule has 0 fully saturated rings. The van der Waals surface area contributed by atoms with E-state index in [1.165, 1.54) is 0 Å². The molecule has 0 unspecified atom stereocenters. The van der Waals surface area contributed by atoms with Crippen molar-refractivity contribution in [2.24, 2.45) is 0 Å². The molecule has 0 spiro atoms. The SMILES string of the molecule is CCCCOc1ccccc1C(=O)NCc1ccc(Cl)cc1Cl. The molecule has 2 aromatic rings. The van der Waals surface area contributed by atoms with Crippen LogP contribution in [0, 0.1) is 0 Å². The van der Waals surface area contributed by atoms with Gasteiger partial charge < -0.3 is 10.1 Å². The van der Waals surface area contributed by atoms with Crippen molar-refractivity contribution < 1.29 is 9.53 Å². The smallest absolute Gasteiger partial charge is 0.255 e. The lowest BCUT2D eigenvalue weighted by Crippen LogP contribution is -2.23. The zero-order valence-electron chi connectivity index (χ0n) is 12.9. The normalized spacial score (nSPS) is 10.4. The standard InChI is InChI=1S/C18H19Cl2NO2/c1-2-3-10-23-17-7-5-4-6-15(17)18(22)21-12-13-8-9-14(19)11-16(13)20/h4-9,11H,2-3,10,12H2,1H3,(H,21,22). The highest BCUT2D eigenvalue weighted by molar-refractivity contribution is 6.35. The van der Waals surface area contributed by atoms with Gasteiger partial charge in [0.05, 0.1) is 12.2 Å². The number of hydrogen-bond acceptors (Lipinski definition) is 2. The Balaban J connectivity index is 2.03. The minimum Gasteiger partial charge on any atom is -0.493 e. The molecule has 0 bridgehead atoms. The van der Waals surface area contributed by atoms with Crippen LogP contribution in [-0.4, -0.2) is 12.5 Å². The molecule has 0 atom stereocenters. The molecule has 2 aromatic carbocycles. The third-order valence-electron chi connectivity index (χ3n) is 3.34. The lowest BCUT2D eigenvalue weighted by Gasteiger charge is -2.12. The number of unbranched alkanes of at least 4 members (excludes halogenated alkanes) is 1. The largest absolute Gasteiger partial charge is 0.493 e. The number of nitrogens with one attached hydrogen (secondary N) is 1. The average molecular weight is 352 g/mol. The van der Waals surface area contributed by atoms with Gasteiger partial charge in [0.15, 0.2) is 0 Å². The molecule has 0 saturated carbocycles. The second-order valence-electron chi connectivity index (χ2n) is 5.12. The van der Waals surface area contributed by atoms with E-state index in [0.717, 1.165) is 18.4 Å². The van der Waals surface area contributed by atoms with Crippen LogP contribution in [0.2, 0.25) is 10.0 Å². The Kier molecular flexibility index (Phi) is 6.75. The van der Waals surface area contributed by atoms with Gasteiger partial charge in [0.25, 0.3) is 5.91 Å². The predicted octanol–water partition coefficient (Wildman–Crippen LogP) is 5.10. The highest BCUT2D eigenvalue weighted by Gasteiger charge is 2.12. The van der Waals surface area contributed by atoms with Crippen LogP contribution in [0.1, 0.15) is 35.7 Å². The zero-order valence-corrected chi connectivity index (χ0v) is 14.5. The maximum absolute atomic E-state index is 12.4. The minimum absolute atomic E-state index is 0.192. The Morgan fingerprint density at radius 3 is 2.70 bits per heavy atom. The van der Waals surface area contributed by atoms with E-state index in [1.54, 1.807) is 30.3 Å². The Morgan fingerprint density at radius 2 is 1.96 bits per heavy atom. The predicted molar refractivity (Wildman–Crippen MR) is 94.5 cm³/mol. The third-order valence-corrected chi connectivity index (χ3v) is 3.93. The van der Waals surface area contributed by atoms with Crippen LogP contribution in [0.3, 0.4) is 0 Å². The Bertz CT molecular complexity index is 674. The second kappa shape index (κ2) is 8.80. The quantitative estimate of drug-likeness (QED) is 0.704. The molecule has 0 aromatic heterocycles. The van der Waals surface area contributed by atoms with Crippen molar-refractivity contribution in [1.29, 1.82) is 0 Å². The topological polar surface area (TPSA) is 38.3 Å². The Labute approximate surface area is 146 Å². The maximum Gasteiger partial charge on any atom is 0.255 e. The number of halogens is 2. The summed E-state index contributed by atoms with van der Waals surface area (Å²) in [5.41, 5.74) is 1.34. The van der Waals surface area contributed by atoms with E-state index < -0.39 is 0 Å². The first-order chi connectivity index (χ1) is 11.1. The lowest BCUT2D eigenvalue weighted by molar-refractivity contribution is 0.0947. The average Bonchev–Trinajstić information content (AvgIpc) is 2.54. The van der Waals surface area contributed by atoms with Crippen molar-refractivity contribution in [1.82, 2.24) is 5.32 Å². The molecular weight excluding hydrogens is 333 g/mol. The van der Waals surface area contributed by atoms with Crippen molar-refractivity contribution in [3.8, 4) is 5.75 Å². The van der Waals surface area contributed by atoms with E-state index in [0.29, 0.717) is 34.5 Å². The van der Waals surface area contributed by atoms with Gasteiger partial charge in [-0.25, -0.2) is 0 Å². The van der Waals surface area contributed by atoms with Gasteiger partial charge in [0, 0.05) is 16.6 Å². The molecule has 0 saturated heterocycles. The first-order valence-electron chi connectivity index (χ1n) is 7.55. The number of carbonyl (C=O) groups excluding carboxylic acids is 1. The van der Waals surface area contributed by atoms with Crippen LogP contribution in [0.5, 0.6) is 5.75 Å². The van der Waals surface area contributed by atoms with E-state index in [4.69, 9.17) is 27.9 Å². The van der Waals surface area contributed by atoms with Crippen molar-refractivity contribution in [2.45, 2.75) is 26.3 Å². The lowest BCUT2D eigenvalue weighted by atomic mass is 10.1. The molecule has 0 aliphatic heterocycles. The number of carbonyl (C=O) groups is 1. The fraction of sp³-hybridized carbons (Fsp3) is 0.278. The molecule has 3 nitrogen and oxygen atoms in total. The molecular formula is C18H19Cl2NO2. The van der Waals surface area contributed by atoms with Crippen LogP contribution < -0.4 is 10.1 Å². The molecule has 2 rings (SSSR count). The van der Waals surface area contributed by atoms with Gasteiger partial charge in [-0.1, -0.05) is 54.7 Å². The molecule has 23 heavy (non-hydrogen) atoms. The Hall–Kier alpha value is -1.71. The first-order valence-corrected chi connectivity index (χ1v) is 8.31. The summed E-state index contributed by atoms with van der Waals surface area (Å²) in [5.74, 6) is 0.406. The van der Waals surface area contributed by atoms with Crippen molar-refractivity contribution in [3.05, 3.63) is 63.6 Å². The van der Waals surface area contributed by atoms with E-state index in [-0.39, 0.29) is 5.91 Å². The summed E-state index contributed by atoms with van der Waals surface area (Å²) in [6.45, 7) is 3.03. The highest BCUT2D eigenvalue weighted by atomic mass is 35.5. The van der Waals surface area contributed by atoms with Crippen LogP contribution in [0.4, 0.5) is 0 Å². The summed E-state index contributed by atoms with van der Waals surface area (Å²) >= 11 is 12.0. The maximum atomic E-state index is 12.4. The molecule has 1 amide bonds. The summed E-state index contributed by atoms with van der Waals surface area (Å²) in [6.07, 6.45) is 2.00. The third kappa shape index (κ3) is 5.15. The van der Waals surface area contributed by atoms with Gasteiger partial charge in [-0.05, 0) is 36.2 Å². The number of rotatable bonds is 7. The summed E-state index contributed by atoms with van der Waals surface area (Å²) in [7, 11) is 0. The molecule has 0 radical (unpaired) electrons. The molecule has 0 aliphatic carbocycles. The molecule has 1 N–H and O–H groups in total. The van der Waals surface area contributed by atoms with Gasteiger partial charge in [0.1, 0.15) is 5.75 Å². The molecule has 0 heterocycles. The monoisotopic (exact) mass is 351 g/mol. The number of para-hydroxylation sites is 1. The highest BCUT2D eigenvalue weighted by Crippen LogP contribution is 2.22. The summed E-state index contributed by atoms with van der Waals surface area (Å²) in [4.78, 5) is 12.4. The zero-order chi connectivity index (χ0) is 16.7. The minimum atomic E-state index is -0.192.